The third kappa shape index (κ3) is 2.84. The van der Waals surface area contributed by atoms with Crippen LogP contribution in [0.4, 0.5) is 4.39 Å². The highest BCUT2D eigenvalue weighted by Crippen LogP contribution is 2.23. The summed E-state index contributed by atoms with van der Waals surface area (Å²) >= 11 is 5.55. The van der Waals surface area contributed by atoms with Crippen LogP contribution in [0.25, 0.3) is 11.5 Å². The van der Waals surface area contributed by atoms with Gasteiger partial charge in [-0.3, -0.25) is 4.79 Å². The minimum Gasteiger partial charge on any atom is -0.481 e. The molecule has 2 rings (SSSR count). The number of carboxylic acid groups (broad SMARTS) is 1. The van der Waals surface area contributed by atoms with Gasteiger partial charge < -0.3 is 9.52 Å². The first-order valence-electron chi connectivity index (χ1n) is 5.06. The van der Waals surface area contributed by atoms with Crippen LogP contribution >= 0.6 is 11.6 Å². The zero-order chi connectivity index (χ0) is 13.1. The Kier molecular flexibility index (Phi) is 3.57. The van der Waals surface area contributed by atoms with Crippen molar-refractivity contribution in [3.8, 4) is 11.5 Å². The number of carbonyl (C=O) groups is 1. The van der Waals surface area contributed by atoms with Crippen molar-refractivity contribution in [3.05, 3.63) is 34.9 Å². The first kappa shape index (κ1) is 12.5. The number of halogens is 2. The van der Waals surface area contributed by atoms with Crippen LogP contribution in [0, 0.1) is 5.82 Å². The molecule has 0 radical (unpaired) electrons. The molecule has 0 amide bonds. The van der Waals surface area contributed by atoms with E-state index in [4.69, 9.17) is 21.1 Å². The van der Waals surface area contributed by atoms with Gasteiger partial charge in [-0.2, -0.15) is 0 Å². The highest BCUT2D eigenvalue weighted by Gasteiger charge is 2.11. The Morgan fingerprint density at radius 2 is 2.22 bits per heavy atom. The topological polar surface area (TPSA) is 76.2 Å². The van der Waals surface area contributed by atoms with Crippen molar-refractivity contribution in [1.29, 1.82) is 0 Å². The fraction of sp³-hybridized carbons (Fsp3) is 0.182. The maximum absolute atomic E-state index is 13.2. The predicted molar refractivity (Wildman–Crippen MR) is 60.7 cm³/mol. The quantitative estimate of drug-likeness (QED) is 0.924. The molecule has 1 N–H and O–H groups in total. The van der Waals surface area contributed by atoms with Crippen molar-refractivity contribution in [2.45, 2.75) is 12.8 Å². The second kappa shape index (κ2) is 5.14. The Labute approximate surface area is 106 Å². The van der Waals surface area contributed by atoms with E-state index in [2.05, 4.69) is 10.2 Å². The highest BCUT2D eigenvalue weighted by molar-refractivity contribution is 6.30. The lowest BCUT2D eigenvalue weighted by atomic mass is 10.2. The fourth-order valence-electron chi connectivity index (χ4n) is 1.31. The smallest absolute Gasteiger partial charge is 0.303 e. The first-order valence-corrected chi connectivity index (χ1v) is 5.43. The molecule has 0 fully saturated rings. The van der Waals surface area contributed by atoms with Crippen molar-refractivity contribution in [1.82, 2.24) is 10.2 Å². The molecule has 7 heteroatoms. The molecule has 1 aromatic carbocycles. The number of carboxylic acids is 1. The van der Waals surface area contributed by atoms with E-state index >= 15 is 0 Å². The Morgan fingerprint density at radius 1 is 1.44 bits per heavy atom. The number of nitrogens with zero attached hydrogens (tertiary/aromatic N) is 2. The molecule has 1 heterocycles. The molecule has 0 unspecified atom stereocenters. The van der Waals surface area contributed by atoms with Crippen LogP contribution in [-0.4, -0.2) is 21.3 Å². The Hall–Kier alpha value is -1.95. The van der Waals surface area contributed by atoms with Gasteiger partial charge in [0.25, 0.3) is 0 Å². The maximum Gasteiger partial charge on any atom is 0.303 e. The SMILES string of the molecule is O=C(O)CCc1nnc(-c2ccc(Cl)c(F)c2)o1. The fourth-order valence-corrected chi connectivity index (χ4v) is 1.43. The van der Waals surface area contributed by atoms with E-state index in [9.17, 15) is 9.18 Å². The van der Waals surface area contributed by atoms with Gasteiger partial charge in [-0.15, -0.1) is 10.2 Å². The van der Waals surface area contributed by atoms with E-state index in [1.165, 1.54) is 12.1 Å². The van der Waals surface area contributed by atoms with Gasteiger partial charge in [0, 0.05) is 12.0 Å². The van der Waals surface area contributed by atoms with Crippen LogP contribution < -0.4 is 0 Å². The van der Waals surface area contributed by atoms with Gasteiger partial charge in [0.2, 0.25) is 11.8 Å². The van der Waals surface area contributed by atoms with Crippen molar-refractivity contribution >= 4 is 17.6 Å². The third-order valence-corrected chi connectivity index (χ3v) is 2.49. The molecular formula is C11H8ClFN2O3. The van der Waals surface area contributed by atoms with Crippen molar-refractivity contribution < 1.29 is 18.7 Å². The first-order chi connectivity index (χ1) is 8.56. The molecule has 94 valence electrons. The van der Waals surface area contributed by atoms with Gasteiger partial charge in [0.1, 0.15) is 5.82 Å². The lowest BCUT2D eigenvalue weighted by Crippen LogP contribution is -1.97. The van der Waals surface area contributed by atoms with E-state index in [0.717, 1.165) is 0 Å². The predicted octanol–water partition coefficient (Wildman–Crippen LogP) is 2.55. The maximum atomic E-state index is 13.2. The van der Waals surface area contributed by atoms with E-state index in [-0.39, 0.29) is 29.6 Å². The van der Waals surface area contributed by atoms with Crippen LogP contribution in [0.1, 0.15) is 12.3 Å². The van der Waals surface area contributed by atoms with Gasteiger partial charge in [-0.05, 0) is 18.2 Å². The molecule has 0 saturated heterocycles. The monoisotopic (exact) mass is 270 g/mol. The van der Waals surface area contributed by atoms with Crippen molar-refractivity contribution in [2.24, 2.45) is 0 Å². The van der Waals surface area contributed by atoms with Crippen LogP contribution in [0.2, 0.25) is 5.02 Å². The van der Waals surface area contributed by atoms with E-state index in [1.54, 1.807) is 6.07 Å². The summed E-state index contributed by atoms with van der Waals surface area (Å²) in [6.07, 6.45) is 0.0367. The largest absolute Gasteiger partial charge is 0.481 e. The zero-order valence-corrected chi connectivity index (χ0v) is 9.82. The number of benzene rings is 1. The zero-order valence-electron chi connectivity index (χ0n) is 9.06. The van der Waals surface area contributed by atoms with Crippen LogP contribution in [0.15, 0.2) is 22.6 Å². The minimum absolute atomic E-state index is 0.00404. The second-order valence-electron chi connectivity index (χ2n) is 3.52. The molecule has 0 bridgehead atoms. The number of hydrogen-bond donors (Lipinski definition) is 1. The summed E-state index contributed by atoms with van der Waals surface area (Å²) < 4.78 is 18.4. The van der Waals surface area contributed by atoms with Gasteiger partial charge in [0.05, 0.1) is 11.4 Å². The molecule has 0 aliphatic carbocycles. The summed E-state index contributed by atoms with van der Waals surface area (Å²) in [7, 11) is 0. The average Bonchev–Trinajstić information content (AvgIpc) is 2.79. The van der Waals surface area contributed by atoms with Crippen LogP contribution in [0.3, 0.4) is 0 Å². The molecule has 2 aromatic rings. The second-order valence-corrected chi connectivity index (χ2v) is 3.93. The lowest BCUT2D eigenvalue weighted by Gasteiger charge is -1.96. The molecule has 0 spiro atoms. The molecule has 1 aromatic heterocycles. The summed E-state index contributed by atoms with van der Waals surface area (Å²) in [5.41, 5.74) is 0.394. The molecule has 5 nitrogen and oxygen atoms in total. The van der Waals surface area contributed by atoms with Crippen LogP contribution in [0.5, 0.6) is 0 Å². The van der Waals surface area contributed by atoms with Crippen LogP contribution in [-0.2, 0) is 11.2 Å². The molecular weight excluding hydrogens is 263 g/mol. The summed E-state index contributed by atoms with van der Waals surface area (Å²) in [6, 6.07) is 4.10. The van der Waals surface area contributed by atoms with E-state index < -0.39 is 11.8 Å². The Balaban J connectivity index is 2.18. The summed E-state index contributed by atoms with van der Waals surface area (Å²) in [6.45, 7) is 0. The number of aryl methyl sites for hydroxylation is 1. The lowest BCUT2D eigenvalue weighted by molar-refractivity contribution is -0.137. The average molecular weight is 271 g/mol. The normalized spacial score (nSPS) is 10.6. The number of hydrogen-bond acceptors (Lipinski definition) is 4. The van der Waals surface area contributed by atoms with E-state index in [0.29, 0.717) is 5.56 Å². The highest BCUT2D eigenvalue weighted by atomic mass is 35.5. The van der Waals surface area contributed by atoms with Gasteiger partial charge in [-0.25, -0.2) is 4.39 Å². The Morgan fingerprint density at radius 3 is 2.89 bits per heavy atom. The molecule has 0 aliphatic rings. The van der Waals surface area contributed by atoms with Gasteiger partial charge in [0.15, 0.2) is 0 Å². The summed E-state index contributed by atoms with van der Waals surface area (Å²) in [4.78, 5) is 10.4. The van der Waals surface area contributed by atoms with Crippen molar-refractivity contribution in [2.75, 3.05) is 0 Å². The number of aliphatic carboxylic acids is 1. The van der Waals surface area contributed by atoms with Gasteiger partial charge >= 0.3 is 5.97 Å². The number of rotatable bonds is 4. The number of aromatic nitrogens is 2. The molecule has 0 atom stereocenters. The Bertz CT molecular complexity index is 585. The standard InChI is InChI=1S/C11H8ClFN2O3/c12-7-2-1-6(5-8(7)13)11-15-14-9(18-11)3-4-10(16)17/h1-2,5H,3-4H2,(H,16,17). The third-order valence-electron chi connectivity index (χ3n) is 2.19. The molecule has 0 saturated carbocycles. The van der Waals surface area contributed by atoms with E-state index in [1.807, 2.05) is 0 Å². The molecule has 0 aliphatic heterocycles. The van der Waals surface area contributed by atoms with Gasteiger partial charge in [-0.1, -0.05) is 11.6 Å². The minimum atomic E-state index is -0.952. The summed E-state index contributed by atoms with van der Waals surface area (Å²) in [5, 5.41) is 15.9. The molecule has 18 heavy (non-hydrogen) atoms. The van der Waals surface area contributed by atoms with Crippen molar-refractivity contribution in [3.63, 3.8) is 0 Å². The summed E-state index contributed by atoms with van der Waals surface area (Å²) in [5.74, 6) is -1.21.